The molecule has 0 aromatic heterocycles. The van der Waals surface area contributed by atoms with Crippen molar-refractivity contribution >= 4 is 0 Å². The summed E-state index contributed by atoms with van der Waals surface area (Å²) in [6.45, 7) is 4.12. The van der Waals surface area contributed by atoms with Crippen molar-refractivity contribution in [1.29, 1.82) is 0 Å². The highest BCUT2D eigenvalue weighted by Gasteiger charge is 2.53. The Morgan fingerprint density at radius 1 is 1.38 bits per heavy atom. The first-order valence-corrected chi connectivity index (χ1v) is 4.88. The van der Waals surface area contributed by atoms with Crippen LogP contribution in [-0.2, 0) is 5.41 Å². The number of hydrogen-bond acceptors (Lipinski definition) is 1. The van der Waals surface area contributed by atoms with Crippen molar-refractivity contribution in [2.75, 3.05) is 0 Å². The maximum Gasteiger partial charge on any atom is 0.0549 e. The average molecular weight is 176 g/mol. The van der Waals surface area contributed by atoms with Crippen LogP contribution in [0.3, 0.4) is 0 Å². The van der Waals surface area contributed by atoms with Crippen molar-refractivity contribution in [3.8, 4) is 0 Å². The van der Waals surface area contributed by atoms with Crippen LogP contribution in [-0.4, -0.2) is 11.2 Å². The Balaban J connectivity index is 2.21. The third kappa shape index (κ3) is 1.37. The molecule has 1 aliphatic carbocycles. The second kappa shape index (κ2) is 2.85. The highest BCUT2D eigenvalue weighted by atomic mass is 16.3. The Bertz CT molecular complexity index is 291. The summed E-state index contributed by atoms with van der Waals surface area (Å²) in [5, 5.41) is 9.49. The van der Waals surface area contributed by atoms with Crippen molar-refractivity contribution in [2.24, 2.45) is 5.92 Å². The van der Waals surface area contributed by atoms with Gasteiger partial charge in [0.05, 0.1) is 6.10 Å². The van der Waals surface area contributed by atoms with E-state index in [1.807, 2.05) is 13.0 Å². The smallest absolute Gasteiger partial charge is 0.0549 e. The molecule has 1 aliphatic rings. The lowest BCUT2D eigenvalue weighted by molar-refractivity contribution is 0.162. The van der Waals surface area contributed by atoms with Crippen molar-refractivity contribution in [3.05, 3.63) is 35.9 Å². The van der Waals surface area contributed by atoms with Crippen molar-refractivity contribution < 1.29 is 5.11 Å². The SMILES string of the molecule is CC(O)[C@@H]1C[C@]1(C)c1ccccc1. The molecule has 13 heavy (non-hydrogen) atoms. The topological polar surface area (TPSA) is 20.2 Å². The van der Waals surface area contributed by atoms with Crippen molar-refractivity contribution in [3.63, 3.8) is 0 Å². The van der Waals surface area contributed by atoms with Gasteiger partial charge in [-0.05, 0) is 30.2 Å². The second-order valence-electron chi connectivity index (χ2n) is 4.33. The lowest BCUT2D eigenvalue weighted by atomic mass is 9.94. The van der Waals surface area contributed by atoms with Gasteiger partial charge in [0.2, 0.25) is 0 Å². The molecule has 1 N–H and O–H groups in total. The molecule has 1 heteroatoms. The molecule has 1 nitrogen and oxygen atoms in total. The molecule has 0 saturated heterocycles. The Labute approximate surface area is 79.4 Å². The molecule has 0 spiro atoms. The minimum atomic E-state index is -0.176. The maximum atomic E-state index is 9.49. The highest BCUT2D eigenvalue weighted by molar-refractivity contribution is 5.32. The van der Waals surface area contributed by atoms with Gasteiger partial charge in [0, 0.05) is 0 Å². The quantitative estimate of drug-likeness (QED) is 0.733. The molecule has 0 aliphatic heterocycles. The molecule has 1 saturated carbocycles. The first-order valence-electron chi connectivity index (χ1n) is 4.88. The molecule has 0 radical (unpaired) electrons. The van der Waals surface area contributed by atoms with E-state index in [0.717, 1.165) is 6.42 Å². The van der Waals surface area contributed by atoms with Gasteiger partial charge in [0.15, 0.2) is 0 Å². The van der Waals surface area contributed by atoms with Crippen molar-refractivity contribution in [2.45, 2.75) is 31.8 Å². The van der Waals surface area contributed by atoms with Gasteiger partial charge in [-0.15, -0.1) is 0 Å². The Morgan fingerprint density at radius 3 is 2.46 bits per heavy atom. The van der Waals surface area contributed by atoms with E-state index in [-0.39, 0.29) is 11.5 Å². The van der Waals surface area contributed by atoms with Crippen LogP contribution in [0.15, 0.2) is 30.3 Å². The molecule has 1 unspecified atom stereocenters. The van der Waals surface area contributed by atoms with Gasteiger partial charge in [-0.2, -0.15) is 0 Å². The van der Waals surface area contributed by atoms with E-state index in [0.29, 0.717) is 5.92 Å². The van der Waals surface area contributed by atoms with Gasteiger partial charge < -0.3 is 5.11 Å². The summed E-state index contributed by atoms with van der Waals surface area (Å²) >= 11 is 0. The molecular formula is C12H16O. The Morgan fingerprint density at radius 2 is 2.00 bits per heavy atom. The molecule has 0 bridgehead atoms. The Kier molecular flexibility index (Phi) is 1.92. The molecular weight excluding hydrogens is 160 g/mol. The molecule has 1 aromatic carbocycles. The standard InChI is InChI=1S/C12H16O/c1-9(13)11-8-12(11,2)10-6-4-3-5-7-10/h3-7,9,11,13H,8H2,1-2H3/t9?,11-,12+/m0/s1. The molecule has 1 fully saturated rings. The fourth-order valence-electron chi connectivity index (χ4n) is 2.25. The number of aliphatic hydroxyl groups is 1. The summed E-state index contributed by atoms with van der Waals surface area (Å²) in [7, 11) is 0. The zero-order valence-electron chi connectivity index (χ0n) is 8.20. The van der Waals surface area contributed by atoms with Gasteiger partial charge in [0.1, 0.15) is 0 Å². The van der Waals surface area contributed by atoms with Crippen LogP contribution in [0.5, 0.6) is 0 Å². The summed E-state index contributed by atoms with van der Waals surface area (Å²) in [6, 6.07) is 10.5. The molecule has 0 amide bonds. The molecule has 70 valence electrons. The van der Waals surface area contributed by atoms with E-state index in [1.54, 1.807) is 0 Å². The van der Waals surface area contributed by atoms with Crippen LogP contribution in [0.2, 0.25) is 0 Å². The van der Waals surface area contributed by atoms with Gasteiger partial charge in [-0.25, -0.2) is 0 Å². The lowest BCUT2D eigenvalue weighted by Gasteiger charge is -2.12. The number of aliphatic hydroxyl groups excluding tert-OH is 1. The highest BCUT2D eigenvalue weighted by Crippen LogP contribution is 2.55. The molecule has 0 heterocycles. The predicted molar refractivity (Wildman–Crippen MR) is 53.6 cm³/mol. The van der Waals surface area contributed by atoms with E-state index in [1.165, 1.54) is 5.56 Å². The van der Waals surface area contributed by atoms with E-state index in [4.69, 9.17) is 0 Å². The molecule has 3 atom stereocenters. The van der Waals surface area contributed by atoms with Gasteiger partial charge in [0.25, 0.3) is 0 Å². The van der Waals surface area contributed by atoms with Crippen LogP contribution in [0.25, 0.3) is 0 Å². The third-order valence-electron chi connectivity index (χ3n) is 3.32. The predicted octanol–water partition coefficient (Wildman–Crippen LogP) is 2.35. The minimum Gasteiger partial charge on any atom is -0.393 e. The first kappa shape index (κ1) is 8.76. The zero-order valence-corrected chi connectivity index (χ0v) is 8.20. The zero-order chi connectivity index (χ0) is 9.47. The first-order chi connectivity index (χ1) is 6.14. The van der Waals surface area contributed by atoms with E-state index in [9.17, 15) is 5.11 Å². The number of hydrogen-bond donors (Lipinski definition) is 1. The van der Waals surface area contributed by atoms with E-state index in [2.05, 4.69) is 31.2 Å². The monoisotopic (exact) mass is 176 g/mol. The van der Waals surface area contributed by atoms with Crippen LogP contribution in [0, 0.1) is 5.92 Å². The van der Waals surface area contributed by atoms with Crippen LogP contribution in [0.1, 0.15) is 25.8 Å². The number of rotatable bonds is 2. The van der Waals surface area contributed by atoms with E-state index >= 15 is 0 Å². The minimum absolute atomic E-state index is 0.176. The normalized spacial score (nSPS) is 34.2. The van der Waals surface area contributed by atoms with Crippen LogP contribution < -0.4 is 0 Å². The summed E-state index contributed by atoms with van der Waals surface area (Å²) in [5.74, 6) is 0.454. The van der Waals surface area contributed by atoms with Crippen LogP contribution >= 0.6 is 0 Å². The van der Waals surface area contributed by atoms with E-state index < -0.39 is 0 Å². The second-order valence-corrected chi connectivity index (χ2v) is 4.33. The number of benzene rings is 1. The van der Waals surface area contributed by atoms with Gasteiger partial charge in [-0.1, -0.05) is 37.3 Å². The van der Waals surface area contributed by atoms with Crippen LogP contribution in [0.4, 0.5) is 0 Å². The average Bonchev–Trinajstić information content (AvgIpc) is 2.82. The maximum absolute atomic E-state index is 9.49. The molecule has 2 rings (SSSR count). The van der Waals surface area contributed by atoms with Gasteiger partial charge in [-0.3, -0.25) is 0 Å². The summed E-state index contributed by atoms with van der Waals surface area (Å²) in [4.78, 5) is 0. The van der Waals surface area contributed by atoms with Gasteiger partial charge >= 0.3 is 0 Å². The summed E-state index contributed by atoms with van der Waals surface area (Å²) in [6.07, 6.45) is 0.944. The lowest BCUT2D eigenvalue weighted by Crippen LogP contribution is -2.13. The molecule has 1 aromatic rings. The largest absolute Gasteiger partial charge is 0.393 e. The summed E-state index contributed by atoms with van der Waals surface area (Å²) in [5.41, 5.74) is 1.59. The fraction of sp³-hybridized carbons (Fsp3) is 0.500. The Hall–Kier alpha value is -0.820. The van der Waals surface area contributed by atoms with Crippen molar-refractivity contribution in [1.82, 2.24) is 0 Å². The summed E-state index contributed by atoms with van der Waals surface area (Å²) < 4.78 is 0. The third-order valence-corrected chi connectivity index (χ3v) is 3.32. The fourth-order valence-corrected chi connectivity index (χ4v) is 2.25.